The maximum absolute atomic E-state index is 11.9. The topological polar surface area (TPSA) is 82.0 Å². The summed E-state index contributed by atoms with van der Waals surface area (Å²) in [5.41, 5.74) is -0.817. The van der Waals surface area contributed by atoms with E-state index in [1.54, 1.807) is 0 Å². The van der Waals surface area contributed by atoms with E-state index in [1.165, 1.54) is 0 Å². The SMILES string of the molecule is CC1CC(C#N)(C(=O)NCC2CCC(=O)N2)C1. The van der Waals surface area contributed by atoms with E-state index < -0.39 is 5.41 Å². The first kappa shape index (κ1) is 11.9. The summed E-state index contributed by atoms with van der Waals surface area (Å²) in [6, 6.07) is 2.16. The fourth-order valence-electron chi connectivity index (χ4n) is 2.67. The van der Waals surface area contributed by atoms with Gasteiger partial charge in [0, 0.05) is 19.0 Å². The van der Waals surface area contributed by atoms with Gasteiger partial charge in [-0.05, 0) is 25.2 Å². The predicted octanol–water partition coefficient (Wildman–Crippen LogP) is 0.321. The molecule has 1 atom stereocenters. The van der Waals surface area contributed by atoms with Crippen molar-refractivity contribution in [3.05, 3.63) is 0 Å². The Bertz CT molecular complexity index is 380. The molecule has 17 heavy (non-hydrogen) atoms. The third-order valence-electron chi connectivity index (χ3n) is 3.64. The van der Waals surface area contributed by atoms with Crippen LogP contribution in [0.25, 0.3) is 0 Å². The number of carbonyl (C=O) groups excluding carboxylic acids is 2. The molecule has 5 heteroatoms. The van der Waals surface area contributed by atoms with Crippen molar-refractivity contribution in [1.82, 2.24) is 10.6 Å². The first-order valence-corrected chi connectivity index (χ1v) is 6.05. The van der Waals surface area contributed by atoms with Crippen molar-refractivity contribution in [3.63, 3.8) is 0 Å². The Morgan fingerprint density at radius 1 is 1.65 bits per heavy atom. The van der Waals surface area contributed by atoms with Crippen LogP contribution in [0.4, 0.5) is 0 Å². The zero-order valence-electron chi connectivity index (χ0n) is 9.95. The Balaban J connectivity index is 1.81. The normalized spacial score (nSPS) is 35.6. The minimum Gasteiger partial charge on any atom is -0.353 e. The summed E-state index contributed by atoms with van der Waals surface area (Å²) in [7, 11) is 0. The van der Waals surface area contributed by atoms with Crippen LogP contribution in [0.1, 0.15) is 32.6 Å². The van der Waals surface area contributed by atoms with E-state index in [2.05, 4.69) is 16.7 Å². The zero-order chi connectivity index (χ0) is 12.5. The third kappa shape index (κ3) is 2.26. The Labute approximate surface area is 101 Å². The summed E-state index contributed by atoms with van der Waals surface area (Å²) in [6.07, 6.45) is 2.58. The van der Waals surface area contributed by atoms with Gasteiger partial charge in [0.15, 0.2) is 0 Å². The number of rotatable bonds is 3. The maximum atomic E-state index is 11.9. The van der Waals surface area contributed by atoms with Crippen LogP contribution in [0.2, 0.25) is 0 Å². The van der Waals surface area contributed by atoms with Gasteiger partial charge in [0.25, 0.3) is 0 Å². The van der Waals surface area contributed by atoms with Crippen molar-refractivity contribution < 1.29 is 9.59 Å². The van der Waals surface area contributed by atoms with Crippen LogP contribution in [-0.2, 0) is 9.59 Å². The molecule has 92 valence electrons. The molecular formula is C12H17N3O2. The average Bonchev–Trinajstić information content (AvgIpc) is 2.67. The molecule has 0 radical (unpaired) electrons. The smallest absolute Gasteiger partial charge is 0.240 e. The van der Waals surface area contributed by atoms with Gasteiger partial charge in [0.1, 0.15) is 5.41 Å². The number of amides is 2. The van der Waals surface area contributed by atoms with Crippen LogP contribution in [0.15, 0.2) is 0 Å². The molecule has 2 rings (SSSR count). The van der Waals surface area contributed by atoms with Gasteiger partial charge in [0.05, 0.1) is 6.07 Å². The number of hydrogen-bond donors (Lipinski definition) is 2. The number of hydrogen-bond acceptors (Lipinski definition) is 3. The Hall–Kier alpha value is -1.57. The molecule has 0 aromatic carbocycles. The second-order valence-corrected chi connectivity index (χ2v) is 5.22. The van der Waals surface area contributed by atoms with Crippen molar-refractivity contribution in [2.24, 2.45) is 11.3 Å². The van der Waals surface area contributed by atoms with E-state index in [1.807, 2.05) is 6.92 Å². The average molecular weight is 235 g/mol. The molecule has 2 amide bonds. The lowest BCUT2D eigenvalue weighted by atomic mass is 9.63. The van der Waals surface area contributed by atoms with Crippen molar-refractivity contribution in [3.8, 4) is 6.07 Å². The Morgan fingerprint density at radius 2 is 2.35 bits per heavy atom. The molecule has 1 aliphatic heterocycles. The summed E-state index contributed by atoms with van der Waals surface area (Å²) in [6.45, 7) is 2.47. The van der Waals surface area contributed by atoms with Crippen molar-refractivity contribution in [2.75, 3.05) is 6.54 Å². The molecule has 0 aromatic rings. The Morgan fingerprint density at radius 3 is 2.82 bits per heavy atom. The molecule has 5 nitrogen and oxygen atoms in total. The van der Waals surface area contributed by atoms with Gasteiger partial charge >= 0.3 is 0 Å². The highest BCUT2D eigenvalue weighted by molar-refractivity contribution is 5.86. The van der Waals surface area contributed by atoms with Crippen LogP contribution in [0.3, 0.4) is 0 Å². The largest absolute Gasteiger partial charge is 0.353 e. The molecule has 0 aromatic heterocycles. The summed E-state index contributed by atoms with van der Waals surface area (Å²) in [5, 5.41) is 14.6. The molecule has 2 fully saturated rings. The molecule has 1 aliphatic carbocycles. The Kier molecular flexibility index (Phi) is 3.05. The van der Waals surface area contributed by atoms with Crippen molar-refractivity contribution >= 4 is 11.8 Å². The number of nitrogens with zero attached hydrogens (tertiary/aromatic N) is 1. The summed E-state index contributed by atoms with van der Waals surface area (Å²) in [5.74, 6) is 0.308. The standard InChI is InChI=1S/C12H17N3O2/c1-8-4-12(5-8,7-13)11(17)14-6-9-2-3-10(16)15-9/h8-9H,2-6H2,1H3,(H,14,17)(H,15,16). The lowest BCUT2D eigenvalue weighted by Gasteiger charge is -2.39. The highest BCUT2D eigenvalue weighted by Gasteiger charge is 2.48. The summed E-state index contributed by atoms with van der Waals surface area (Å²) in [4.78, 5) is 22.9. The quantitative estimate of drug-likeness (QED) is 0.739. The number of nitrogens with one attached hydrogen (secondary N) is 2. The lowest BCUT2D eigenvalue weighted by molar-refractivity contribution is -0.134. The predicted molar refractivity (Wildman–Crippen MR) is 60.6 cm³/mol. The highest BCUT2D eigenvalue weighted by atomic mass is 16.2. The summed E-state index contributed by atoms with van der Waals surface area (Å²) < 4.78 is 0. The van der Waals surface area contributed by atoms with Crippen LogP contribution >= 0.6 is 0 Å². The van der Waals surface area contributed by atoms with Gasteiger partial charge in [-0.1, -0.05) is 6.92 Å². The van der Waals surface area contributed by atoms with Crippen LogP contribution in [-0.4, -0.2) is 24.4 Å². The van der Waals surface area contributed by atoms with Gasteiger partial charge in [-0.2, -0.15) is 5.26 Å². The summed E-state index contributed by atoms with van der Waals surface area (Å²) >= 11 is 0. The molecule has 0 bridgehead atoms. The van der Waals surface area contributed by atoms with E-state index in [9.17, 15) is 9.59 Å². The van der Waals surface area contributed by atoms with Gasteiger partial charge in [-0.15, -0.1) is 0 Å². The van der Waals surface area contributed by atoms with E-state index in [-0.39, 0.29) is 17.9 Å². The molecule has 2 aliphatic rings. The molecule has 1 heterocycles. The van der Waals surface area contributed by atoms with Gasteiger partial charge in [-0.25, -0.2) is 0 Å². The van der Waals surface area contributed by atoms with E-state index in [0.29, 0.717) is 31.7 Å². The van der Waals surface area contributed by atoms with Gasteiger partial charge in [0.2, 0.25) is 11.8 Å². The molecule has 1 saturated heterocycles. The third-order valence-corrected chi connectivity index (χ3v) is 3.64. The highest BCUT2D eigenvalue weighted by Crippen LogP contribution is 2.44. The minimum atomic E-state index is -0.817. The molecule has 1 saturated carbocycles. The number of nitriles is 1. The van der Waals surface area contributed by atoms with Gasteiger partial charge < -0.3 is 10.6 Å². The molecule has 0 spiro atoms. The maximum Gasteiger partial charge on any atom is 0.240 e. The van der Waals surface area contributed by atoms with Crippen molar-refractivity contribution in [1.29, 1.82) is 5.26 Å². The number of carbonyl (C=O) groups is 2. The van der Waals surface area contributed by atoms with Crippen LogP contribution < -0.4 is 10.6 Å². The molecular weight excluding hydrogens is 218 g/mol. The monoisotopic (exact) mass is 235 g/mol. The van der Waals surface area contributed by atoms with Gasteiger partial charge in [-0.3, -0.25) is 9.59 Å². The fraction of sp³-hybridized carbons (Fsp3) is 0.750. The van der Waals surface area contributed by atoms with Crippen LogP contribution in [0, 0.1) is 22.7 Å². The van der Waals surface area contributed by atoms with Crippen molar-refractivity contribution in [2.45, 2.75) is 38.6 Å². The first-order chi connectivity index (χ1) is 8.05. The zero-order valence-corrected chi connectivity index (χ0v) is 9.95. The van der Waals surface area contributed by atoms with Crippen LogP contribution in [0.5, 0.6) is 0 Å². The molecule has 1 unspecified atom stereocenters. The minimum absolute atomic E-state index is 0.0275. The fourth-order valence-corrected chi connectivity index (χ4v) is 2.67. The molecule has 2 N–H and O–H groups in total. The first-order valence-electron chi connectivity index (χ1n) is 6.05. The van der Waals surface area contributed by atoms with E-state index in [4.69, 9.17) is 5.26 Å². The van der Waals surface area contributed by atoms with E-state index >= 15 is 0 Å². The van der Waals surface area contributed by atoms with E-state index in [0.717, 1.165) is 6.42 Å². The lowest BCUT2D eigenvalue weighted by Crippen LogP contribution is -2.50. The second-order valence-electron chi connectivity index (χ2n) is 5.22. The second kappa shape index (κ2) is 4.36.